The molecule has 0 radical (unpaired) electrons. The SMILES string of the molecule is c1nc(-n2nc(-c3cn[nH]n3)nc2-c2nncs2)ns1. The number of rotatable bonds is 3. The smallest absolute Gasteiger partial charge is 0.206 e. The largest absolute Gasteiger partial charge is 0.264 e. The summed E-state index contributed by atoms with van der Waals surface area (Å²) in [6.07, 6.45) is 1.54. The third kappa shape index (κ3) is 1.78. The second kappa shape index (κ2) is 4.50. The Hall–Kier alpha value is -2.60. The highest BCUT2D eigenvalue weighted by Crippen LogP contribution is 2.23. The Kier molecular flexibility index (Phi) is 2.53. The zero-order valence-electron chi connectivity index (χ0n) is 9.57. The van der Waals surface area contributed by atoms with Gasteiger partial charge in [0.05, 0.1) is 6.20 Å². The highest BCUT2D eigenvalue weighted by atomic mass is 32.1. The van der Waals surface area contributed by atoms with Crippen molar-refractivity contribution in [2.45, 2.75) is 0 Å². The predicted molar refractivity (Wildman–Crippen MR) is 69.1 cm³/mol. The number of nitrogens with zero attached hydrogens (tertiary/aromatic N) is 9. The van der Waals surface area contributed by atoms with Crippen molar-refractivity contribution in [2.75, 3.05) is 0 Å². The lowest BCUT2D eigenvalue weighted by molar-refractivity contribution is 0.833. The normalized spacial score (nSPS) is 11.0. The van der Waals surface area contributed by atoms with Gasteiger partial charge in [-0.1, -0.05) is 11.3 Å². The van der Waals surface area contributed by atoms with Gasteiger partial charge >= 0.3 is 0 Å². The van der Waals surface area contributed by atoms with Gasteiger partial charge in [0.25, 0.3) is 5.95 Å². The number of aromatic nitrogens is 10. The predicted octanol–water partition coefficient (Wildman–Crippen LogP) is 0.422. The molecular weight excluding hydrogens is 300 g/mol. The Morgan fingerprint density at radius 1 is 1.25 bits per heavy atom. The molecule has 0 bridgehead atoms. The standard InChI is InChI=1S/C8H4N10S2/c1-4(13-17-10-1)5-12-6(7-14-11-3-19-7)18(15-5)8-9-2-20-16-8/h1-3H,(H,10,13,17). The quantitative estimate of drug-likeness (QED) is 0.577. The third-order valence-corrected chi connectivity index (χ3v) is 3.50. The van der Waals surface area contributed by atoms with E-state index in [0.717, 1.165) is 0 Å². The van der Waals surface area contributed by atoms with Gasteiger partial charge in [-0.2, -0.15) is 24.5 Å². The van der Waals surface area contributed by atoms with Crippen LogP contribution in [0.15, 0.2) is 17.2 Å². The molecule has 4 heterocycles. The molecule has 12 heteroatoms. The Bertz CT molecular complexity index is 748. The fourth-order valence-corrected chi connectivity index (χ4v) is 2.47. The molecule has 0 aliphatic carbocycles. The van der Waals surface area contributed by atoms with Crippen LogP contribution in [-0.2, 0) is 0 Å². The van der Waals surface area contributed by atoms with E-state index in [4.69, 9.17) is 0 Å². The summed E-state index contributed by atoms with van der Waals surface area (Å²) in [5, 5.41) is 23.0. The molecule has 0 amide bonds. The van der Waals surface area contributed by atoms with Gasteiger partial charge < -0.3 is 0 Å². The maximum absolute atomic E-state index is 4.41. The molecule has 0 fully saturated rings. The van der Waals surface area contributed by atoms with Crippen LogP contribution in [-0.4, -0.2) is 49.7 Å². The maximum Gasteiger partial charge on any atom is 0.264 e. The van der Waals surface area contributed by atoms with Gasteiger partial charge in [-0.15, -0.1) is 15.3 Å². The number of aromatic amines is 1. The molecule has 0 aliphatic rings. The second-order valence-electron chi connectivity index (χ2n) is 3.50. The van der Waals surface area contributed by atoms with Crippen molar-refractivity contribution in [3.05, 3.63) is 17.2 Å². The van der Waals surface area contributed by atoms with Crippen LogP contribution in [0.3, 0.4) is 0 Å². The van der Waals surface area contributed by atoms with Crippen LogP contribution in [0.4, 0.5) is 0 Å². The van der Waals surface area contributed by atoms with Crippen LogP contribution < -0.4 is 0 Å². The first-order valence-corrected chi connectivity index (χ1v) is 7.00. The first-order chi connectivity index (χ1) is 9.92. The lowest BCUT2D eigenvalue weighted by Crippen LogP contribution is -2.01. The van der Waals surface area contributed by atoms with Crippen LogP contribution in [0.5, 0.6) is 0 Å². The van der Waals surface area contributed by atoms with E-state index >= 15 is 0 Å². The molecule has 0 saturated heterocycles. The summed E-state index contributed by atoms with van der Waals surface area (Å²) >= 11 is 2.59. The van der Waals surface area contributed by atoms with Gasteiger partial charge in [0.1, 0.15) is 11.0 Å². The zero-order valence-corrected chi connectivity index (χ0v) is 11.2. The average molecular weight is 304 g/mol. The topological polar surface area (TPSA) is 124 Å². The van der Waals surface area contributed by atoms with E-state index in [2.05, 4.69) is 45.0 Å². The first-order valence-electron chi connectivity index (χ1n) is 5.28. The van der Waals surface area contributed by atoms with Gasteiger partial charge in [-0.3, -0.25) is 0 Å². The van der Waals surface area contributed by atoms with Gasteiger partial charge in [-0.25, -0.2) is 9.97 Å². The summed E-state index contributed by atoms with van der Waals surface area (Å²) in [4.78, 5) is 8.55. The molecule has 0 atom stereocenters. The van der Waals surface area contributed by atoms with Crippen molar-refractivity contribution >= 4 is 22.9 Å². The van der Waals surface area contributed by atoms with Crippen LogP contribution in [0.25, 0.3) is 28.3 Å². The number of nitrogens with one attached hydrogen (secondary N) is 1. The minimum Gasteiger partial charge on any atom is -0.206 e. The van der Waals surface area contributed by atoms with E-state index in [9.17, 15) is 0 Å². The second-order valence-corrected chi connectivity index (χ2v) is 4.94. The van der Waals surface area contributed by atoms with Crippen LogP contribution in [0.1, 0.15) is 0 Å². The molecule has 0 spiro atoms. The molecule has 98 valence electrons. The Morgan fingerprint density at radius 3 is 2.95 bits per heavy atom. The van der Waals surface area contributed by atoms with E-state index in [1.165, 1.54) is 33.7 Å². The minimum atomic E-state index is 0.416. The lowest BCUT2D eigenvalue weighted by atomic mass is 10.5. The summed E-state index contributed by atoms with van der Waals surface area (Å²) in [7, 11) is 0. The summed E-state index contributed by atoms with van der Waals surface area (Å²) in [5.41, 5.74) is 3.78. The lowest BCUT2D eigenvalue weighted by Gasteiger charge is -1.95. The molecule has 0 aliphatic heterocycles. The van der Waals surface area contributed by atoms with Gasteiger partial charge in [0.15, 0.2) is 16.5 Å². The number of hydrogen-bond acceptors (Lipinski definition) is 10. The van der Waals surface area contributed by atoms with Crippen LogP contribution in [0.2, 0.25) is 0 Å². The average Bonchev–Trinajstić information content (AvgIpc) is 3.22. The number of hydrogen-bond donors (Lipinski definition) is 1. The molecular formula is C8H4N10S2. The van der Waals surface area contributed by atoms with Crippen molar-refractivity contribution in [1.82, 2.24) is 49.7 Å². The molecule has 10 nitrogen and oxygen atoms in total. The van der Waals surface area contributed by atoms with Crippen molar-refractivity contribution in [3.63, 3.8) is 0 Å². The summed E-state index contributed by atoms with van der Waals surface area (Å²) in [6, 6.07) is 0. The molecule has 1 N–H and O–H groups in total. The van der Waals surface area contributed by atoms with E-state index in [-0.39, 0.29) is 0 Å². The zero-order chi connectivity index (χ0) is 13.4. The van der Waals surface area contributed by atoms with Crippen molar-refractivity contribution in [1.29, 1.82) is 0 Å². The summed E-state index contributed by atoms with van der Waals surface area (Å²) < 4.78 is 5.67. The molecule has 0 unspecified atom stereocenters. The van der Waals surface area contributed by atoms with Gasteiger partial charge in [-0.05, 0) is 11.5 Å². The summed E-state index contributed by atoms with van der Waals surface area (Å²) in [5.74, 6) is 1.37. The van der Waals surface area contributed by atoms with E-state index < -0.39 is 0 Å². The first kappa shape index (κ1) is 11.2. The third-order valence-electron chi connectivity index (χ3n) is 2.34. The molecule has 0 saturated carbocycles. The van der Waals surface area contributed by atoms with E-state index in [0.29, 0.717) is 28.3 Å². The van der Waals surface area contributed by atoms with Crippen LogP contribution in [0, 0.1) is 0 Å². The molecule has 4 aromatic rings. The fourth-order valence-electron chi connectivity index (χ4n) is 1.54. The summed E-state index contributed by atoms with van der Waals surface area (Å²) in [6.45, 7) is 0. The maximum atomic E-state index is 4.41. The van der Waals surface area contributed by atoms with Crippen molar-refractivity contribution < 1.29 is 0 Å². The molecule has 0 aromatic carbocycles. The number of H-pyrrole nitrogens is 1. The van der Waals surface area contributed by atoms with Crippen molar-refractivity contribution in [2.24, 2.45) is 0 Å². The highest BCUT2D eigenvalue weighted by molar-refractivity contribution is 7.12. The van der Waals surface area contributed by atoms with Crippen molar-refractivity contribution in [3.8, 4) is 28.3 Å². The Balaban J connectivity index is 1.92. The van der Waals surface area contributed by atoms with Gasteiger partial charge in [0, 0.05) is 0 Å². The van der Waals surface area contributed by atoms with Gasteiger partial charge in [0.2, 0.25) is 5.82 Å². The highest BCUT2D eigenvalue weighted by Gasteiger charge is 2.20. The Labute approximate surface area is 118 Å². The fraction of sp³-hybridized carbons (Fsp3) is 0. The van der Waals surface area contributed by atoms with Crippen LogP contribution >= 0.6 is 22.9 Å². The monoisotopic (exact) mass is 304 g/mol. The molecule has 4 rings (SSSR count). The molecule has 20 heavy (non-hydrogen) atoms. The van der Waals surface area contributed by atoms with E-state index in [1.54, 1.807) is 11.0 Å². The van der Waals surface area contributed by atoms with E-state index in [1.807, 2.05) is 0 Å². The Morgan fingerprint density at radius 2 is 2.25 bits per heavy atom. The molecule has 4 aromatic heterocycles. The minimum absolute atomic E-state index is 0.416.